The van der Waals surface area contributed by atoms with Crippen molar-refractivity contribution in [2.24, 2.45) is 0 Å². The molecular weight excluding hydrogens is 118 g/mol. The minimum Gasteiger partial charge on any atom is -0.358 e. The van der Waals surface area contributed by atoms with Crippen LogP contribution in [-0.2, 0) is 4.74 Å². The molecule has 0 amide bonds. The molecular formula is C2H3NO5. The summed E-state index contributed by atoms with van der Waals surface area (Å²) in [5.74, 6) is -2.51. The van der Waals surface area contributed by atoms with Crippen LogP contribution in [0.3, 0.4) is 0 Å². The van der Waals surface area contributed by atoms with Crippen molar-refractivity contribution in [3.63, 3.8) is 0 Å². The van der Waals surface area contributed by atoms with Crippen molar-refractivity contribution in [1.82, 2.24) is 0 Å². The SMILES string of the molecule is O=[N+]([O-])C1(O)OC1O. The number of ether oxygens (including phenoxy) is 1. The van der Waals surface area contributed by atoms with Crippen LogP contribution in [0.5, 0.6) is 0 Å². The summed E-state index contributed by atoms with van der Waals surface area (Å²) in [6.45, 7) is 0. The van der Waals surface area contributed by atoms with E-state index in [4.69, 9.17) is 10.2 Å². The van der Waals surface area contributed by atoms with Crippen LogP contribution >= 0.6 is 0 Å². The van der Waals surface area contributed by atoms with Gasteiger partial charge in [-0.05, 0) is 0 Å². The second kappa shape index (κ2) is 1.16. The van der Waals surface area contributed by atoms with Gasteiger partial charge in [-0.2, -0.15) is 0 Å². The molecule has 0 aromatic rings. The Labute approximate surface area is 43.5 Å². The summed E-state index contributed by atoms with van der Waals surface area (Å²) in [6.07, 6.45) is -1.66. The van der Waals surface area contributed by atoms with E-state index in [9.17, 15) is 10.1 Å². The zero-order chi connectivity index (χ0) is 6.36. The molecule has 0 bridgehead atoms. The van der Waals surface area contributed by atoms with Crippen LogP contribution in [-0.4, -0.2) is 27.3 Å². The third-order valence-corrected chi connectivity index (χ3v) is 0.811. The smallest absolute Gasteiger partial charge is 0.358 e. The van der Waals surface area contributed by atoms with Crippen molar-refractivity contribution < 1.29 is 19.9 Å². The third-order valence-electron chi connectivity index (χ3n) is 0.811. The second-order valence-corrected chi connectivity index (χ2v) is 1.39. The molecule has 0 aliphatic carbocycles. The highest BCUT2D eigenvalue weighted by Gasteiger charge is 2.69. The van der Waals surface area contributed by atoms with E-state index in [1.807, 2.05) is 0 Å². The second-order valence-electron chi connectivity index (χ2n) is 1.39. The van der Waals surface area contributed by atoms with Crippen LogP contribution in [0.1, 0.15) is 0 Å². The lowest BCUT2D eigenvalue weighted by Gasteiger charge is -1.88. The van der Waals surface area contributed by atoms with Gasteiger partial charge >= 0.3 is 5.91 Å². The Balaban J connectivity index is 2.60. The average molecular weight is 121 g/mol. The van der Waals surface area contributed by atoms with Gasteiger partial charge in [-0.25, -0.2) is 4.74 Å². The molecule has 0 radical (unpaired) electrons. The molecule has 0 aromatic carbocycles. The molecule has 6 nitrogen and oxygen atoms in total. The van der Waals surface area contributed by atoms with Gasteiger partial charge in [0.15, 0.2) is 0 Å². The molecule has 8 heavy (non-hydrogen) atoms. The Kier molecular flexibility index (Phi) is 0.786. The highest BCUT2D eigenvalue weighted by atomic mass is 16.9. The van der Waals surface area contributed by atoms with Gasteiger partial charge in [0.1, 0.15) is 0 Å². The van der Waals surface area contributed by atoms with Crippen molar-refractivity contribution in [1.29, 1.82) is 0 Å². The summed E-state index contributed by atoms with van der Waals surface area (Å²) in [5.41, 5.74) is 0. The van der Waals surface area contributed by atoms with Crippen molar-refractivity contribution in [2.75, 3.05) is 0 Å². The number of epoxide rings is 1. The predicted molar refractivity (Wildman–Crippen MR) is 19.0 cm³/mol. The van der Waals surface area contributed by atoms with E-state index < -0.39 is 17.1 Å². The van der Waals surface area contributed by atoms with Gasteiger partial charge in [0.05, 0.1) is 4.92 Å². The van der Waals surface area contributed by atoms with E-state index in [-0.39, 0.29) is 0 Å². The number of hydrogen-bond donors (Lipinski definition) is 2. The predicted octanol–water partition coefficient (Wildman–Crippen LogP) is -1.74. The van der Waals surface area contributed by atoms with E-state index in [0.717, 1.165) is 0 Å². The lowest BCUT2D eigenvalue weighted by atomic mass is 10.6. The lowest BCUT2D eigenvalue weighted by Crippen LogP contribution is -2.25. The maximum absolute atomic E-state index is 9.56. The Morgan fingerprint density at radius 2 is 2.25 bits per heavy atom. The maximum Gasteiger partial charge on any atom is 0.494 e. The molecule has 1 saturated heterocycles. The number of nitro groups is 1. The fourth-order valence-electron chi connectivity index (χ4n) is 0.263. The van der Waals surface area contributed by atoms with Crippen molar-refractivity contribution in [2.45, 2.75) is 12.2 Å². The molecule has 1 aliphatic rings. The largest absolute Gasteiger partial charge is 0.494 e. The van der Waals surface area contributed by atoms with Crippen LogP contribution < -0.4 is 0 Å². The Bertz CT molecular complexity index is 134. The van der Waals surface area contributed by atoms with Gasteiger partial charge in [0.25, 0.3) is 6.29 Å². The molecule has 2 unspecified atom stereocenters. The Morgan fingerprint density at radius 3 is 2.25 bits per heavy atom. The molecule has 2 N–H and O–H groups in total. The first-order chi connectivity index (χ1) is 3.57. The van der Waals surface area contributed by atoms with Crippen LogP contribution in [0.25, 0.3) is 0 Å². The lowest BCUT2D eigenvalue weighted by molar-refractivity contribution is -0.618. The summed E-state index contributed by atoms with van der Waals surface area (Å²) in [5, 5.41) is 26.0. The van der Waals surface area contributed by atoms with Gasteiger partial charge < -0.3 is 10.2 Å². The van der Waals surface area contributed by atoms with Gasteiger partial charge in [-0.1, -0.05) is 0 Å². The average Bonchev–Trinajstić information content (AvgIpc) is 2.17. The molecule has 2 atom stereocenters. The highest BCUT2D eigenvalue weighted by molar-refractivity contribution is 4.70. The number of aliphatic hydroxyl groups excluding tert-OH is 1. The van der Waals surface area contributed by atoms with Gasteiger partial charge in [-0.3, -0.25) is 10.1 Å². The molecule has 0 aromatic heterocycles. The molecule has 1 fully saturated rings. The fourth-order valence-corrected chi connectivity index (χ4v) is 0.263. The van der Waals surface area contributed by atoms with Crippen molar-refractivity contribution in [3.8, 4) is 0 Å². The number of aliphatic hydroxyl groups is 2. The summed E-state index contributed by atoms with van der Waals surface area (Å²) < 4.78 is 3.78. The number of rotatable bonds is 1. The normalized spacial score (nSPS) is 44.0. The molecule has 0 saturated carbocycles. The molecule has 1 rings (SSSR count). The topological polar surface area (TPSA) is 96.1 Å². The van der Waals surface area contributed by atoms with Crippen molar-refractivity contribution in [3.05, 3.63) is 10.1 Å². The minimum atomic E-state index is -2.51. The fraction of sp³-hybridized carbons (Fsp3) is 1.00. The zero-order valence-corrected chi connectivity index (χ0v) is 3.64. The first kappa shape index (κ1) is 5.42. The number of hydrogen-bond acceptors (Lipinski definition) is 5. The molecule has 46 valence electrons. The monoisotopic (exact) mass is 121 g/mol. The Hall–Kier alpha value is -0.720. The molecule has 1 heterocycles. The van der Waals surface area contributed by atoms with E-state index in [0.29, 0.717) is 0 Å². The summed E-state index contributed by atoms with van der Waals surface area (Å²) in [4.78, 5) is 8.46. The van der Waals surface area contributed by atoms with Crippen LogP contribution in [0.2, 0.25) is 0 Å². The standard InChI is InChI=1S/C2H3NO5/c4-1-2(5,8-1)3(6)7/h1,4-5H. The summed E-state index contributed by atoms with van der Waals surface area (Å²) >= 11 is 0. The van der Waals surface area contributed by atoms with E-state index in [1.165, 1.54) is 0 Å². The molecule has 6 heteroatoms. The summed E-state index contributed by atoms with van der Waals surface area (Å²) in [6, 6.07) is 0. The molecule has 1 aliphatic heterocycles. The van der Waals surface area contributed by atoms with Crippen molar-refractivity contribution >= 4 is 0 Å². The molecule has 0 spiro atoms. The first-order valence-electron chi connectivity index (χ1n) is 1.80. The Morgan fingerprint density at radius 1 is 1.88 bits per heavy atom. The van der Waals surface area contributed by atoms with E-state index >= 15 is 0 Å². The van der Waals surface area contributed by atoms with Crippen LogP contribution in [0.15, 0.2) is 0 Å². The number of nitrogens with zero attached hydrogens (tertiary/aromatic N) is 1. The van der Waals surface area contributed by atoms with Gasteiger partial charge in [-0.15, -0.1) is 0 Å². The summed E-state index contributed by atoms with van der Waals surface area (Å²) in [7, 11) is 0. The highest BCUT2D eigenvalue weighted by Crippen LogP contribution is 2.30. The quantitative estimate of drug-likeness (QED) is 0.186. The van der Waals surface area contributed by atoms with Gasteiger partial charge in [0, 0.05) is 0 Å². The third kappa shape index (κ3) is 0.474. The minimum absolute atomic E-state index is 1.10. The zero-order valence-electron chi connectivity index (χ0n) is 3.64. The van der Waals surface area contributed by atoms with Crippen LogP contribution in [0.4, 0.5) is 0 Å². The first-order valence-corrected chi connectivity index (χ1v) is 1.80. The van der Waals surface area contributed by atoms with Gasteiger partial charge in [0.2, 0.25) is 0 Å². The van der Waals surface area contributed by atoms with Crippen LogP contribution in [0, 0.1) is 10.1 Å². The maximum atomic E-state index is 9.56. The van der Waals surface area contributed by atoms with E-state index in [2.05, 4.69) is 4.74 Å². The van der Waals surface area contributed by atoms with E-state index in [1.54, 1.807) is 0 Å².